The van der Waals surface area contributed by atoms with E-state index in [4.69, 9.17) is 5.73 Å². The molecule has 2 nitrogen and oxygen atoms in total. The van der Waals surface area contributed by atoms with E-state index in [9.17, 15) is 0 Å². The van der Waals surface area contributed by atoms with Gasteiger partial charge >= 0.3 is 0 Å². The number of halogens is 2. The lowest BCUT2D eigenvalue weighted by atomic mass is 9.97. The van der Waals surface area contributed by atoms with Crippen LogP contribution in [0.4, 0.5) is 0 Å². The minimum atomic E-state index is 0. The molecule has 0 amide bonds. The molecule has 1 saturated heterocycles. The summed E-state index contributed by atoms with van der Waals surface area (Å²) in [4.78, 5) is 2.61. The van der Waals surface area contributed by atoms with Crippen LogP contribution in [0.3, 0.4) is 0 Å². The fourth-order valence-electron chi connectivity index (χ4n) is 2.19. The van der Waals surface area contributed by atoms with Gasteiger partial charge in [-0.25, -0.2) is 0 Å². The lowest BCUT2D eigenvalue weighted by Gasteiger charge is -2.38. The summed E-state index contributed by atoms with van der Waals surface area (Å²) in [6.07, 6.45) is 5.29. The van der Waals surface area contributed by atoms with E-state index in [1.54, 1.807) is 0 Å². The van der Waals surface area contributed by atoms with Gasteiger partial charge in [-0.1, -0.05) is 6.42 Å². The van der Waals surface area contributed by atoms with E-state index in [2.05, 4.69) is 18.7 Å². The lowest BCUT2D eigenvalue weighted by Crippen LogP contribution is -2.44. The molecule has 0 aromatic carbocycles. The molecule has 0 spiro atoms. The van der Waals surface area contributed by atoms with Crippen LogP contribution in [0.15, 0.2) is 0 Å². The number of nitrogens with zero attached hydrogens (tertiary/aromatic N) is 1. The zero-order chi connectivity index (χ0) is 8.97. The molecule has 0 saturated carbocycles. The lowest BCUT2D eigenvalue weighted by molar-refractivity contribution is 0.103. The van der Waals surface area contributed by atoms with Gasteiger partial charge in [0.25, 0.3) is 0 Å². The van der Waals surface area contributed by atoms with E-state index < -0.39 is 0 Å². The monoisotopic (exact) mass is 242 g/mol. The molecule has 0 aromatic heterocycles. The van der Waals surface area contributed by atoms with Crippen LogP contribution in [0.25, 0.3) is 0 Å². The highest BCUT2D eigenvalue weighted by molar-refractivity contribution is 5.85. The Labute approximate surface area is 100 Å². The van der Waals surface area contributed by atoms with E-state index in [0.717, 1.165) is 25.0 Å². The van der Waals surface area contributed by atoms with Crippen molar-refractivity contribution in [3.63, 3.8) is 0 Å². The number of hydrogen-bond donors (Lipinski definition) is 1. The molecule has 1 heterocycles. The number of hydrogen-bond acceptors (Lipinski definition) is 2. The van der Waals surface area contributed by atoms with Gasteiger partial charge in [0, 0.05) is 12.1 Å². The van der Waals surface area contributed by atoms with Gasteiger partial charge in [0.2, 0.25) is 0 Å². The second-order valence-electron chi connectivity index (χ2n) is 4.01. The second-order valence-corrected chi connectivity index (χ2v) is 4.01. The van der Waals surface area contributed by atoms with Crippen molar-refractivity contribution in [1.82, 2.24) is 4.90 Å². The fraction of sp³-hybridized carbons (Fsp3) is 1.00. The molecule has 14 heavy (non-hydrogen) atoms. The topological polar surface area (TPSA) is 29.3 Å². The van der Waals surface area contributed by atoms with Gasteiger partial charge in [0.15, 0.2) is 0 Å². The highest BCUT2D eigenvalue weighted by Gasteiger charge is 2.23. The predicted molar refractivity (Wildman–Crippen MR) is 67.6 cm³/mol. The largest absolute Gasteiger partial charge is 0.330 e. The first-order valence-corrected chi connectivity index (χ1v) is 5.21. The summed E-state index contributed by atoms with van der Waals surface area (Å²) in [6.45, 7) is 6.70. The molecule has 0 radical (unpaired) electrons. The summed E-state index contributed by atoms with van der Waals surface area (Å²) in [5.41, 5.74) is 5.51. The van der Waals surface area contributed by atoms with Gasteiger partial charge in [0.05, 0.1) is 0 Å². The molecule has 2 unspecified atom stereocenters. The van der Waals surface area contributed by atoms with Gasteiger partial charge in [-0.05, 0) is 46.2 Å². The third kappa shape index (κ3) is 4.83. The average molecular weight is 243 g/mol. The van der Waals surface area contributed by atoms with Crippen molar-refractivity contribution in [2.24, 2.45) is 5.73 Å². The Kier molecular flexibility index (Phi) is 10.6. The van der Waals surface area contributed by atoms with Crippen molar-refractivity contribution in [3.8, 4) is 0 Å². The molecule has 1 aliphatic rings. The van der Waals surface area contributed by atoms with Crippen molar-refractivity contribution in [2.45, 2.75) is 51.6 Å². The van der Waals surface area contributed by atoms with E-state index in [0.29, 0.717) is 0 Å². The highest BCUT2D eigenvalue weighted by atomic mass is 35.5. The van der Waals surface area contributed by atoms with E-state index in [-0.39, 0.29) is 24.8 Å². The van der Waals surface area contributed by atoms with E-state index in [1.165, 1.54) is 25.8 Å². The summed E-state index contributed by atoms with van der Waals surface area (Å²) < 4.78 is 0. The summed E-state index contributed by atoms with van der Waals surface area (Å²) in [7, 11) is 0. The van der Waals surface area contributed by atoms with E-state index in [1.807, 2.05) is 0 Å². The summed E-state index contributed by atoms with van der Waals surface area (Å²) in [6, 6.07) is 1.56. The summed E-state index contributed by atoms with van der Waals surface area (Å²) in [5.74, 6) is 0. The van der Waals surface area contributed by atoms with Gasteiger partial charge in [-0.15, -0.1) is 24.8 Å². The number of rotatable bonds is 3. The van der Waals surface area contributed by atoms with Crippen LogP contribution in [-0.4, -0.2) is 30.1 Å². The molecule has 0 aromatic rings. The zero-order valence-corrected chi connectivity index (χ0v) is 10.9. The van der Waals surface area contributed by atoms with Gasteiger partial charge in [-0.2, -0.15) is 0 Å². The van der Waals surface area contributed by atoms with Gasteiger partial charge in [0.1, 0.15) is 0 Å². The Balaban J connectivity index is 0. The first-order valence-electron chi connectivity index (χ1n) is 5.21. The van der Waals surface area contributed by atoms with Crippen LogP contribution < -0.4 is 5.73 Å². The molecule has 1 fully saturated rings. The van der Waals surface area contributed by atoms with E-state index >= 15 is 0 Å². The first kappa shape index (κ1) is 16.9. The molecule has 0 bridgehead atoms. The molecule has 1 rings (SSSR count). The Bertz CT molecular complexity index is 123. The standard InChI is InChI=1S/C10H22N2.2ClH/c1-9-5-3-6-10(2)12(9)8-4-7-11;;/h9-10H,3-8,11H2,1-2H3;2*1H. The minimum Gasteiger partial charge on any atom is -0.330 e. The smallest absolute Gasteiger partial charge is 0.00697 e. The summed E-state index contributed by atoms with van der Waals surface area (Å²) in [5, 5.41) is 0. The fourth-order valence-corrected chi connectivity index (χ4v) is 2.19. The van der Waals surface area contributed by atoms with Gasteiger partial charge < -0.3 is 5.73 Å². The van der Waals surface area contributed by atoms with Crippen molar-refractivity contribution >= 4 is 24.8 Å². The van der Waals surface area contributed by atoms with Crippen LogP contribution >= 0.6 is 24.8 Å². The number of nitrogens with two attached hydrogens (primary N) is 1. The average Bonchev–Trinajstić information content (AvgIpc) is 2.04. The molecule has 0 aliphatic carbocycles. The Morgan fingerprint density at radius 2 is 1.64 bits per heavy atom. The first-order chi connectivity index (χ1) is 5.75. The van der Waals surface area contributed by atoms with Crippen LogP contribution in [0.2, 0.25) is 0 Å². The number of piperidine rings is 1. The van der Waals surface area contributed by atoms with Crippen LogP contribution in [-0.2, 0) is 0 Å². The Hall–Kier alpha value is 0.500. The molecule has 1 aliphatic heterocycles. The molecule has 88 valence electrons. The Morgan fingerprint density at radius 1 is 1.14 bits per heavy atom. The molecule has 2 N–H and O–H groups in total. The molecular formula is C10H24Cl2N2. The minimum absolute atomic E-state index is 0. The predicted octanol–water partition coefficient (Wildman–Crippen LogP) is 2.44. The summed E-state index contributed by atoms with van der Waals surface area (Å²) >= 11 is 0. The zero-order valence-electron chi connectivity index (χ0n) is 9.24. The molecule has 2 atom stereocenters. The third-order valence-electron chi connectivity index (χ3n) is 3.00. The maximum atomic E-state index is 5.51. The third-order valence-corrected chi connectivity index (χ3v) is 3.00. The van der Waals surface area contributed by atoms with Crippen LogP contribution in [0, 0.1) is 0 Å². The van der Waals surface area contributed by atoms with Crippen LogP contribution in [0.1, 0.15) is 39.5 Å². The highest BCUT2D eigenvalue weighted by Crippen LogP contribution is 2.22. The molecule has 4 heteroatoms. The maximum Gasteiger partial charge on any atom is 0.00697 e. The second kappa shape index (κ2) is 8.78. The number of likely N-dealkylation sites (tertiary alicyclic amines) is 1. The van der Waals surface area contributed by atoms with Crippen molar-refractivity contribution < 1.29 is 0 Å². The van der Waals surface area contributed by atoms with Crippen molar-refractivity contribution in [3.05, 3.63) is 0 Å². The Morgan fingerprint density at radius 3 is 2.07 bits per heavy atom. The normalized spacial score (nSPS) is 27.6. The van der Waals surface area contributed by atoms with Crippen molar-refractivity contribution in [2.75, 3.05) is 13.1 Å². The van der Waals surface area contributed by atoms with Crippen LogP contribution in [0.5, 0.6) is 0 Å². The molecular weight excluding hydrogens is 219 g/mol. The van der Waals surface area contributed by atoms with Crippen molar-refractivity contribution in [1.29, 1.82) is 0 Å². The quantitative estimate of drug-likeness (QED) is 0.824. The van der Waals surface area contributed by atoms with Gasteiger partial charge in [-0.3, -0.25) is 4.90 Å². The SMILES string of the molecule is CC1CCCC(C)N1CCCN.Cl.Cl. The maximum absolute atomic E-state index is 5.51.